The van der Waals surface area contributed by atoms with Gasteiger partial charge in [-0.05, 0) is 31.2 Å². The second-order valence-corrected chi connectivity index (χ2v) is 10.1. The lowest BCUT2D eigenvalue weighted by atomic mass is 10.1. The van der Waals surface area contributed by atoms with E-state index in [0.717, 1.165) is 21.1 Å². The predicted molar refractivity (Wildman–Crippen MR) is 146 cm³/mol. The Labute approximate surface area is 221 Å². The maximum Gasteiger partial charge on any atom is 0.343 e. The Balaban J connectivity index is 1.34. The number of pyridine rings is 1. The number of carbonyl (C=O) groups is 1. The van der Waals surface area contributed by atoms with Crippen LogP contribution < -0.4 is 24.7 Å². The van der Waals surface area contributed by atoms with E-state index < -0.39 is 17.2 Å². The van der Waals surface area contributed by atoms with Crippen LogP contribution >= 0.6 is 11.3 Å². The molecule has 0 spiro atoms. The largest absolute Gasteiger partial charge is 0.497 e. The van der Waals surface area contributed by atoms with Crippen LogP contribution in [0.4, 0.5) is 15.2 Å². The minimum atomic E-state index is -0.752. The van der Waals surface area contributed by atoms with Crippen molar-refractivity contribution < 1.29 is 23.4 Å². The van der Waals surface area contributed by atoms with Crippen LogP contribution in [0.3, 0.4) is 0 Å². The highest BCUT2D eigenvalue weighted by Gasteiger charge is 2.31. The minimum absolute atomic E-state index is 0.0520. The Hall–Kier alpha value is -4.12. The van der Waals surface area contributed by atoms with Gasteiger partial charge in [-0.15, -0.1) is 0 Å². The Morgan fingerprint density at radius 2 is 1.97 bits per heavy atom. The quantitative estimate of drug-likeness (QED) is 0.352. The van der Waals surface area contributed by atoms with Gasteiger partial charge in [0.15, 0.2) is 16.7 Å². The monoisotopic (exact) mass is 536 g/mol. The van der Waals surface area contributed by atoms with Gasteiger partial charge in [0.2, 0.25) is 5.43 Å². The molecule has 196 valence electrons. The molecular weight excluding hydrogens is 511 g/mol. The number of benzene rings is 2. The second kappa shape index (κ2) is 9.32. The number of anilines is 2. The van der Waals surface area contributed by atoms with Gasteiger partial charge >= 0.3 is 5.97 Å². The van der Waals surface area contributed by atoms with Gasteiger partial charge in [-0.25, -0.2) is 14.2 Å². The first-order chi connectivity index (χ1) is 18.4. The molecule has 0 unspecified atom stereocenters. The molecular formula is C27H25FN4O5S. The van der Waals surface area contributed by atoms with E-state index in [1.807, 2.05) is 23.1 Å². The third-order valence-electron chi connectivity index (χ3n) is 6.84. The third kappa shape index (κ3) is 3.85. The van der Waals surface area contributed by atoms with Crippen molar-refractivity contribution in [3.8, 4) is 11.5 Å². The molecule has 1 fully saturated rings. The van der Waals surface area contributed by atoms with Gasteiger partial charge in [0.25, 0.3) is 0 Å². The molecule has 2 aliphatic heterocycles. The average molecular weight is 537 g/mol. The molecule has 2 aliphatic rings. The number of ether oxygens (including phenoxy) is 3. The van der Waals surface area contributed by atoms with E-state index >= 15 is 4.39 Å². The molecule has 0 N–H and O–H groups in total. The molecule has 4 aromatic rings. The Morgan fingerprint density at radius 1 is 1.21 bits per heavy atom. The fourth-order valence-corrected chi connectivity index (χ4v) is 6.00. The van der Waals surface area contributed by atoms with Crippen LogP contribution in [0, 0.1) is 5.82 Å². The van der Waals surface area contributed by atoms with Crippen molar-refractivity contribution in [3.63, 3.8) is 0 Å². The molecule has 0 saturated carbocycles. The second-order valence-electron chi connectivity index (χ2n) is 9.05. The SMILES string of the molecule is C=C1COc2c(N3CCN(c4nc5ccc(OC)cc5s4)CC3)c(F)cc3c(=O)c(C(=O)OCC)cn1c23. The number of piperazine rings is 1. The lowest BCUT2D eigenvalue weighted by Crippen LogP contribution is -2.47. The summed E-state index contributed by atoms with van der Waals surface area (Å²) >= 11 is 1.60. The van der Waals surface area contributed by atoms with Gasteiger partial charge in [-0.2, -0.15) is 0 Å². The molecule has 0 atom stereocenters. The zero-order valence-electron chi connectivity index (χ0n) is 21.0. The number of esters is 1. The summed E-state index contributed by atoms with van der Waals surface area (Å²) in [7, 11) is 1.64. The van der Waals surface area contributed by atoms with Crippen LogP contribution in [0.5, 0.6) is 11.5 Å². The summed E-state index contributed by atoms with van der Waals surface area (Å²) in [4.78, 5) is 34.4. The number of thiazole rings is 1. The highest BCUT2D eigenvalue weighted by atomic mass is 32.1. The van der Waals surface area contributed by atoms with E-state index in [2.05, 4.69) is 11.5 Å². The van der Waals surface area contributed by atoms with E-state index in [9.17, 15) is 9.59 Å². The zero-order chi connectivity index (χ0) is 26.6. The first kappa shape index (κ1) is 24.2. The molecule has 2 aromatic heterocycles. The van der Waals surface area contributed by atoms with Crippen molar-refractivity contribution in [2.24, 2.45) is 0 Å². The van der Waals surface area contributed by atoms with E-state index in [0.29, 0.717) is 43.1 Å². The first-order valence-electron chi connectivity index (χ1n) is 12.2. The fraction of sp³-hybridized carbons (Fsp3) is 0.296. The summed E-state index contributed by atoms with van der Waals surface area (Å²) in [5.41, 5.74) is 1.38. The number of carbonyl (C=O) groups excluding carboxylic acids is 1. The first-order valence-corrected chi connectivity index (χ1v) is 13.1. The number of halogens is 1. The average Bonchev–Trinajstić information content (AvgIpc) is 3.35. The Kier molecular flexibility index (Phi) is 5.94. The van der Waals surface area contributed by atoms with Crippen LogP contribution in [0.1, 0.15) is 17.3 Å². The maximum absolute atomic E-state index is 15.7. The number of hydrogen-bond acceptors (Lipinski definition) is 9. The van der Waals surface area contributed by atoms with Gasteiger partial charge in [0.1, 0.15) is 29.1 Å². The number of nitrogens with zero attached hydrogens (tertiary/aromatic N) is 4. The van der Waals surface area contributed by atoms with Crippen molar-refractivity contribution in [1.82, 2.24) is 9.55 Å². The molecule has 2 aromatic carbocycles. The lowest BCUT2D eigenvalue weighted by Gasteiger charge is -2.37. The molecule has 0 amide bonds. The minimum Gasteiger partial charge on any atom is -0.497 e. The van der Waals surface area contributed by atoms with Crippen molar-refractivity contribution >= 4 is 54.9 Å². The summed E-state index contributed by atoms with van der Waals surface area (Å²) in [6.45, 7) is 8.21. The molecule has 0 aliphatic carbocycles. The van der Waals surface area contributed by atoms with Gasteiger partial charge in [-0.1, -0.05) is 17.9 Å². The highest BCUT2D eigenvalue weighted by Crippen LogP contribution is 2.42. The van der Waals surface area contributed by atoms with Crippen molar-refractivity contribution in [2.75, 3.05) is 56.3 Å². The number of hydrogen-bond donors (Lipinski definition) is 0. The smallest absolute Gasteiger partial charge is 0.343 e. The van der Waals surface area contributed by atoms with Crippen molar-refractivity contribution in [1.29, 1.82) is 0 Å². The van der Waals surface area contributed by atoms with E-state index in [-0.39, 0.29) is 29.9 Å². The van der Waals surface area contributed by atoms with Crippen LogP contribution in [-0.4, -0.2) is 62.0 Å². The van der Waals surface area contributed by atoms with Crippen LogP contribution in [0.15, 0.2) is 41.8 Å². The summed E-state index contributed by atoms with van der Waals surface area (Å²) in [5, 5.41) is 0.956. The number of methoxy groups -OCH3 is 1. The molecule has 11 heteroatoms. The molecule has 0 radical (unpaired) electrons. The molecule has 38 heavy (non-hydrogen) atoms. The molecule has 0 bridgehead atoms. The standard InChI is InChI=1S/C27H25FN4O5S/c1-4-36-26(34)18-13-32-15(2)14-37-25-22(32)17(24(18)33)12-19(28)23(25)30-7-9-31(10-8-30)27-29-20-6-5-16(35-3)11-21(20)38-27/h5-6,11-13H,2,4,7-10,14H2,1,3H3. The van der Waals surface area contributed by atoms with Gasteiger partial charge in [0.05, 0.1) is 35.0 Å². The van der Waals surface area contributed by atoms with Crippen molar-refractivity contribution in [3.05, 3.63) is 58.6 Å². The van der Waals surface area contributed by atoms with Gasteiger partial charge in [-0.3, -0.25) is 4.79 Å². The summed E-state index contributed by atoms with van der Waals surface area (Å²) in [5.74, 6) is -0.266. The number of fused-ring (bicyclic) bond motifs is 1. The maximum atomic E-state index is 15.7. The zero-order valence-corrected chi connectivity index (χ0v) is 21.8. The summed E-state index contributed by atoms with van der Waals surface area (Å²) < 4.78 is 34.6. The summed E-state index contributed by atoms with van der Waals surface area (Å²) in [6.07, 6.45) is 1.42. The predicted octanol–water partition coefficient (Wildman–Crippen LogP) is 4.13. The van der Waals surface area contributed by atoms with Crippen LogP contribution in [0.2, 0.25) is 0 Å². The van der Waals surface area contributed by atoms with Gasteiger partial charge < -0.3 is 28.6 Å². The van der Waals surface area contributed by atoms with E-state index in [1.165, 1.54) is 12.3 Å². The fourth-order valence-electron chi connectivity index (χ4n) is 4.95. The van der Waals surface area contributed by atoms with Crippen LogP contribution in [0.25, 0.3) is 26.8 Å². The molecule has 9 nitrogen and oxygen atoms in total. The topological polar surface area (TPSA) is 86.1 Å². The normalized spacial score (nSPS) is 15.2. The molecule has 1 saturated heterocycles. The Morgan fingerprint density at radius 3 is 2.71 bits per heavy atom. The summed E-state index contributed by atoms with van der Waals surface area (Å²) in [6, 6.07) is 6.99. The molecule has 4 heterocycles. The Bertz CT molecular complexity index is 1670. The number of rotatable bonds is 5. The van der Waals surface area contributed by atoms with E-state index in [1.54, 1.807) is 29.9 Å². The van der Waals surface area contributed by atoms with Gasteiger partial charge in [0, 0.05) is 32.4 Å². The van der Waals surface area contributed by atoms with E-state index in [4.69, 9.17) is 19.2 Å². The lowest BCUT2D eigenvalue weighted by molar-refractivity contribution is 0.0524. The third-order valence-corrected chi connectivity index (χ3v) is 7.92. The van der Waals surface area contributed by atoms with Crippen molar-refractivity contribution in [2.45, 2.75) is 6.92 Å². The van der Waals surface area contributed by atoms with Crippen LogP contribution in [-0.2, 0) is 4.74 Å². The number of aromatic nitrogens is 2. The molecule has 6 rings (SSSR count). The highest BCUT2D eigenvalue weighted by molar-refractivity contribution is 7.22.